The van der Waals surface area contributed by atoms with E-state index in [9.17, 15) is 19.8 Å². The lowest BCUT2D eigenvalue weighted by atomic mass is 9.39. The highest BCUT2D eigenvalue weighted by Crippen LogP contribution is 2.72. The van der Waals surface area contributed by atoms with Crippen molar-refractivity contribution >= 4 is 11.8 Å². The third-order valence-electron chi connectivity index (χ3n) is 8.94. The maximum absolute atomic E-state index is 12.7. The normalized spacial score (nSPS) is 56.5. The Bertz CT molecular complexity index is 615. The van der Waals surface area contributed by atoms with Gasteiger partial charge < -0.3 is 10.2 Å². The Balaban J connectivity index is 1.81. The maximum atomic E-state index is 12.7. The van der Waals surface area contributed by atoms with E-state index in [0.29, 0.717) is 25.0 Å². The molecule has 2 N–H and O–H groups in total. The van der Waals surface area contributed by atoms with Crippen LogP contribution in [0, 0.1) is 33.5 Å². The molecule has 7 atom stereocenters. The molecule has 4 aliphatic rings. The van der Waals surface area contributed by atoms with Crippen molar-refractivity contribution in [3.8, 4) is 0 Å². The summed E-state index contributed by atoms with van der Waals surface area (Å²) in [5.41, 5.74) is -1.38. The number of aliphatic carboxylic acids is 1. The molecule has 4 heteroatoms. The van der Waals surface area contributed by atoms with Crippen LogP contribution in [0.15, 0.2) is 0 Å². The van der Waals surface area contributed by atoms with Crippen molar-refractivity contribution < 1.29 is 19.8 Å². The number of rotatable bonds is 1. The number of hydrogen-bond donors (Lipinski definition) is 2. The van der Waals surface area contributed by atoms with Crippen LogP contribution in [-0.4, -0.2) is 28.1 Å². The summed E-state index contributed by atoms with van der Waals surface area (Å²) in [4.78, 5) is 24.7. The number of carbonyl (C=O) groups excluding carboxylic acids is 1. The summed E-state index contributed by atoms with van der Waals surface area (Å²) in [6, 6.07) is 0. The molecule has 4 nitrogen and oxygen atoms in total. The number of hydrogen-bond acceptors (Lipinski definition) is 3. The second kappa shape index (κ2) is 4.63. The van der Waals surface area contributed by atoms with Gasteiger partial charge in [-0.25, -0.2) is 0 Å². The number of carboxylic acid groups (broad SMARTS) is 1. The Morgan fingerprint density at radius 2 is 1.83 bits per heavy atom. The molecule has 2 bridgehead atoms. The van der Waals surface area contributed by atoms with Crippen molar-refractivity contribution in [1.29, 1.82) is 0 Å². The fraction of sp³-hybridized carbons (Fsp3) is 0.900. The first-order valence-corrected chi connectivity index (χ1v) is 9.53. The van der Waals surface area contributed by atoms with Gasteiger partial charge in [-0.1, -0.05) is 20.3 Å². The van der Waals surface area contributed by atoms with Crippen LogP contribution < -0.4 is 0 Å². The first kappa shape index (κ1) is 16.6. The van der Waals surface area contributed by atoms with E-state index < -0.39 is 17.5 Å². The van der Waals surface area contributed by atoms with Gasteiger partial charge in [-0.05, 0) is 62.7 Å². The summed E-state index contributed by atoms with van der Waals surface area (Å²) in [5, 5.41) is 21.0. The first-order chi connectivity index (χ1) is 11.1. The number of carboxylic acids is 1. The highest BCUT2D eigenvalue weighted by atomic mass is 16.4. The number of aliphatic hydroxyl groups excluding tert-OH is 1. The van der Waals surface area contributed by atoms with Crippen molar-refractivity contribution in [3.05, 3.63) is 0 Å². The van der Waals surface area contributed by atoms with Crippen LogP contribution in [-0.2, 0) is 9.59 Å². The molecule has 0 aliphatic heterocycles. The molecular formula is C20H30O4. The predicted octanol–water partition coefficient (Wildman–Crippen LogP) is 3.41. The van der Waals surface area contributed by atoms with Crippen LogP contribution in [0.5, 0.6) is 0 Å². The fourth-order valence-corrected chi connectivity index (χ4v) is 7.65. The molecule has 0 aromatic carbocycles. The Hall–Kier alpha value is -0.900. The third kappa shape index (κ3) is 1.73. The minimum Gasteiger partial charge on any atom is -0.481 e. The second-order valence-corrected chi connectivity index (χ2v) is 10.0. The molecule has 4 aliphatic carbocycles. The van der Waals surface area contributed by atoms with E-state index in [2.05, 4.69) is 13.8 Å². The lowest BCUT2D eigenvalue weighted by Crippen LogP contribution is -2.63. The van der Waals surface area contributed by atoms with Gasteiger partial charge in [0.2, 0.25) is 0 Å². The van der Waals surface area contributed by atoms with Gasteiger partial charge >= 0.3 is 5.97 Å². The van der Waals surface area contributed by atoms with Crippen LogP contribution in [0.3, 0.4) is 0 Å². The third-order valence-corrected chi connectivity index (χ3v) is 8.94. The molecule has 0 unspecified atom stereocenters. The monoisotopic (exact) mass is 334 g/mol. The fourth-order valence-electron chi connectivity index (χ4n) is 7.65. The van der Waals surface area contributed by atoms with Crippen LogP contribution in [0.1, 0.15) is 72.1 Å². The number of aliphatic hydroxyl groups is 1. The second-order valence-electron chi connectivity index (χ2n) is 10.0. The molecule has 134 valence electrons. The molecule has 4 fully saturated rings. The van der Waals surface area contributed by atoms with Gasteiger partial charge in [0.05, 0.1) is 11.5 Å². The highest BCUT2D eigenvalue weighted by molar-refractivity contribution is 5.88. The van der Waals surface area contributed by atoms with Gasteiger partial charge in [0.15, 0.2) is 0 Å². The molecular weight excluding hydrogens is 304 g/mol. The molecule has 0 aromatic heterocycles. The zero-order chi connectivity index (χ0) is 17.5. The van der Waals surface area contributed by atoms with Crippen LogP contribution in [0.2, 0.25) is 0 Å². The topological polar surface area (TPSA) is 74.6 Å². The highest BCUT2D eigenvalue weighted by Gasteiger charge is 2.70. The molecule has 0 saturated heterocycles. The molecule has 1 spiro atoms. The largest absolute Gasteiger partial charge is 0.481 e. The molecule has 0 aromatic rings. The van der Waals surface area contributed by atoms with Crippen LogP contribution >= 0.6 is 0 Å². The molecule has 0 amide bonds. The van der Waals surface area contributed by atoms with Crippen molar-refractivity contribution in [2.45, 2.75) is 78.2 Å². The van der Waals surface area contributed by atoms with E-state index in [1.54, 1.807) is 0 Å². The minimum absolute atomic E-state index is 0.00179. The van der Waals surface area contributed by atoms with Crippen LogP contribution in [0.25, 0.3) is 0 Å². The minimum atomic E-state index is -0.751. The quantitative estimate of drug-likeness (QED) is 0.770. The number of carbonyl (C=O) groups is 2. The summed E-state index contributed by atoms with van der Waals surface area (Å²) in [6.45, 7) is 6.22. The molecule has 0 radical (unpaired) electrons. The van der Waals surface area contributed by atoms with Gasteiger partial charge in [-0.3, -0.25) is 9.59 Å². The summed E-state index contributed by atoms with van der Waals surface area (Å²) >= 11 is 0. The van der Waals surface area contributed by atoms with E-state index >= 15 is 0 Å². The lowest BCUT2D eigenvalue weighted by Gasteiger charge is -2.65. The van der Waals surface area contributed by atoms with Crippen molar-refractivity contribution in [2.24, 2.45) is 33.5 Å². The average molecular weight is 334 g/mol. The maximum Gasteiger partial charge on any atom is 0.309 e. The van der Waals surface area contributed by atoms with Gasteiger partial charge in [0.1, 0.15) is 5.78 Å². The van der Waals surface area contributed by atoms with E-state index in [-0.39, 0.29) is 28.1 Å². The molecule has 24 heavy (non-hydrogen) atoms. The zero-order valence-electron chi connectivity index (χ0n) is 15.1. The predicted molar refractivity (Wildman–Crippen MR) is 89.3 cm³/mol. The van der Waals surface area contributed by atoms with E-state index in [1.807, 2.05) is 6.92 Å². The molecule has 0 heterocycles. The standard InChI is InChI=1S/C20H30O4/c1-17-8-5-12-18(2)6-4-7-19(3,16(23)24)13(18)9-14(21)20(12,11-17)10-15(17)22/h12-14,21H,4-11H2,1-3H3,(H,23,24)/t12-,13-,14+,17-,18-,19+,20+/m0/s1. The van der Waals surface area contributed by atoms with E-state index in [1.165, 1.54) is 0 Å². The van der Waals surface area contributed by atoms with Crippen LogP contribution in [0.4, 0.5) is 0 Å². The van der Waals surface area contributed by atoms with Crippen molar-refractivity contribution in [2.75, 3.05) is 0 Å². The first-order valence-electron chi connectivity index (χ1n) is 9.53. The van der Waals surface area contributed by atoms with Crippen molar-refractivity contribution in [1.82, 2.24) is 0 Å². The zero-order valence-corrected chi connectivity index (χ0v) is 15.1. The Morgan fingerprint density at radius 1 is 1.12 bits per heavy atom. The van der Waals surface area contributed by atoms with Crippen molar-refractivity contribution in [3.63, 3.8) is 0 Å². The summed E-state index contributed by atoms with van der Waals surface area (Å²) in [7, 11) is 0. The SMILES string of the molecule is C[C@@]12CC[C@H]3[C@]4(C)CCC[C@@](C)(C(=O)O)[C@H]4C[C@@H](O)[C@]3(CC1=O)C2. The number of ketones is 1. The number of fused-ring (bicyclic) bond motifs is 3. The molecule has 4 saturated carbocycles. The Kier molecular flexibility index (Phi) is 3.19. The Morgan fingerprint density at radius 3 is 2.50 bits per heavy atom. The van der Waals surface area contributed by atoms with Gasteiger partial charge in [-0.2, -0.15) is 0 Å². The van der Waals surface area contributed by atoms with Gasteiger partial charge in [0.25, 0.3) is 0 Å². The lowest BCUT2D eigenvalue weighted by molar-refractivity contribution is -0.211. The Labute approximate surface area is 144 Å². The van der Waals surface area contributed by atoms with E-state index in [0.717, 1.165) is 32.1 Å². The van der Waals surface area contributed by atoms with E-state index in [4.69, 9.17) is 0 Å². The smallest absolute Gasteiger partial charge is 0.309 e. The summed E-state index contributed by atoms with van der Waals surface area (Å²) in [5.74, 6) is -0.119. The average Bonchev–Trinajstić information content (AvgIpc) is 2.68. The van der Waals surface area contributed by atoms with Gasteiger partial charge in [0, 0.05) is 17.3 Å². The number of Topliss-reactive ketones (excluding diaryl/α,β-unsaturated/α-hetero) is 1. The molecule has 4 rings (SSSR count). The van der Waals surface area contributed by atoms with Gasteiger partial charge in [-0.15, -0.1) is 0 Å². The summed E-state index contributed by atoms with van der Waals surface area (Å²) in [6.07, 6.45) is 5.83. The summed E-state index contributed by atoms with van der Waals surface area (Å²) < 4.78 is 0.